The minimum atomic E-state index is -4.80. The summed E-state index contributed by atoms with van der Waals surface area (Å²) in [6.07, 6.45) is -3.47. The summed E-state index contributed by atoms with van der Waals surface area (Å²) in [4.78, 5) is 12.0. The number of carbonyl (C=O) groups is 1. The Hall–Kier alpha value is -3.07. The molecule has 0 saturated heterocycles. The van der Waals surface area contributed by atoms with E-state index in [0.717, 1.165) is 5.56 Å². The lowest BCUT2D eigenvalue weighted by Gasteiger charge is -2.25. The van der Waals surface area contributed by atoms with E-state index in [9.17, 15) is 23.1 Å². The van der Waals surface area contributed by atoms with Crippen molar-refractivity contribution in [1.82, 2.24) is 5.32 Å². The lowest BCUT2D eigenvalue weighted by atomic mass is 9.86. The van der Waals surface area contributed by atoms with Crippen LogP contribution in [0.15, 0.2) is 41.5 Å². The molecule has 0 aliphatic carbocycles. The van der Waals surface area contributed by atoms with Crippen molar-refractivity contribution in [2.75, 3.05) is 6.61 Å². The maximum Gasteiger partial charge on any atom is 0.573 e. The molecule has 0 saturated carbocycles. The molecule has 2 aromatic carbocycles. The van der Waals surface area contributed by atoms with Crippen LogP contribution < -0.4 is 14.8 Å². The third kappa shape index (κ3) is 5.40. The van der Waals surface area contributed by atoms with Crippen LogP contribution in [0.1, 0.15) is 23.1 Å². The second-order valence-electron chi connectivity index (χ2n) is 7.03. The number of nitrogens with one attached hydrogen (secondary N) is 1. The summed E-state index contributed by atoms with van der Waals surface area (Å²) >= 11 is 0. The monoisotopic (exact) mass is 443 g/mol. The highest BCUT2D eigenvalue weighted by Gasteiger charge is 2.31. The van der Waals surface area contributed by atoms with Crippen molar-refractivity contribution >= 4 is 21.6 Å². The quantitative estimate of drug-likeness (QED) is 0.363. The number of aliphatic hydroxyl groups excluding tert-OH is 2. The van der Waals surface area contributed by atoms with Crippen LogP contribution >= 0.6 is 0 Å². The van der Waals surface area contributed by atoms with Crippen LogP contribution in [0.4, 0.5) is 13.2 Å². The fourth-order valence-electron chi connectivity index (χ4n) is 3.47. The Morgan fingerprint density at radius 2 is 1.91 bits per heavy atom. The van der Waals surface area contributed by atoms with Gasteiger partial charge in [0, 0.05) is 23.3 Å². The van der Waals surface area contributed by atoms with Gasteiger partial charge in [-0.3, -0.25) is 4.79 Å². The summed E-state index contributed by atoms with van der Waals surface area (Å²) < 4.78 is 47.1. The van der Waals surface area contributed by atoms with Crippen LogP contribution in [-0.4, -0.2) is 44.8 Å². The van der Waals surface area contributed by atoms with E-state index >= 15 is 0 Å². The molecule has 1 heterocycles. The molecular weight excluding hydrogens is 425 g/mol. The molecule has 0 atom stereocenters. The van der Waals surface area contributed by atoms with Crippen LogP contribution in [0.5, 0.6) is 11.5 Å². The third-order valence-electron chi connectivity index (χ3n) is 4.92. The smallest absolute Gasteiger partial charge is 0.524 e. The van der Waals surface area contributed by atoms with Gasteiger partial charge < -0.3 is 25.0 Å². The van der Waals surface area contributed by atoms with Crippen molar-refractivity contribution in [1.29, 1.82) is 0 Å². The first-order valence-electron chi connectivity index (χ1n) is 9.60. The first-order chi connectivity index (χ1) is 15.1. The molecule has 0 spiro atoms. The Balaban J connectivity index is 2.00. The number of hydrogen-bond donors (Lipinski definition) is 3. The lowest BCUT2D eigenvalue weighted by Crippen LogP contribution is -2.27. The van der Waals surface area contributed by atoms with Crippen molar-refractivity contribution in [3.8, 4) is 22.6 Å². The molecule has 0 fully saturated rings. The Morgan fingerprint density at radius 1 is 1.22 bits per heavy atom. The highest BCUT2D eigenvalue weighted by molar-refractivity contribution is 6.41. The molecule has 11 heteroatoms. The first-order valence-corrected chi connectivity index (χ1v) is 9.60. The van der Waals surface area contributed by atoms with Gasteiger partial charge in [-0.2, -0.15) is 0 Å². The maximum atomic E-state index is 12.4. The van der Waals surface area contributed by atoms with Gasteiger partial charge in [-0.25, -0.2) is 0 Å². The fraction of sp³-hybridized carbons (Fsp3) is 0.286. The van der Waals surface area contributed by atoms with Crippen molar-refractivity contribution < 1.29 is 37.7 Å². The Bertz CT molecular complexity index is 1040. The van der Waals surface area contributed by atoms with Gasteiger partial charge in [0.25, 0.3) is 0 Å². The number of ether oxygens (including phenoxy) is 2. The van der Waals surface area contributed by atoms with Gasteiger partial charge in [0.2, 0.25) is 5.91 Å². The summed E-state index contributed by atoms with van der Waals surface area (Å²) in [6, 6.07) is 6.98. The van der Waals surface area contributed by atoms with Crippen LogP contribution in [0, 0.1) is 0 Å². The zero-order valence-corrected chi connectivity index (χ0v) is 16.8. The standard InChI is InChI=1S/C21H18B2F3NO5/c22-17(19(23)29)20(30)27-9-12-8-15(18-14(16(12)10-28)2-1-7-31-18)11-3-5-13(6-4-11)32-21(24,25)26/h3-6,8,28-29H,1-2,7,9-10H2,(H,27,30)/b19-17-. The number of rotatable bonds is 6. The fourth-order valence-corrected chi connectivity index (χ4v) is 3.47. The summed E-state index contributed by atoms with van der Waals surface area (Å²) in [5.41, 5.74) is 1.67. The van der Waals surface area contributed by atoms with Crippen LogP contribution in [0.3, 0.4) is 0 Å². The number of fused-ring (bicyclic) bond motifs is 1. The van der Waals surface area contributed by atoms with Crippen molar-refractivity contribution in [3.05, 3.63) is 58.2 Å². The zero-order chi connectivity index (χ0) is 23.5. The van der Waals surface area contributed by atoms with Crippen LogP contribution in [-0.2, 0) is 24.4 Å². The number of hydrogen-bond acceptors (Lipinski definition) is 5. The van der Waals surface area contributed by atoms with Gasteiger partial charge in [0.1, 0.15) is 19.3 Å². The molecule has 6 nitrogen and oxygen atoms in total. The molecule has 0 unspecified atom stereocenters. The second kappa shape index (κ2) is 9.60. The average molecular weight is 443 g/mol. The van der Waals surface area contributed by atoms with Gasteiger partial charge in [0.05, 0.1) is 13.2 Å². The highest BCUT2D eigenvalue weighted by atomic mass is 19.4. The van der Waals surface area contributed by atoms with Crippen molar-refractivity contribution in [2.45, 2.75) is 32.4 Å². The Kier molecular flexibility index (Phi) is 7.08. The molecule has 3 rings (SSSR count). The van der Waals surface area contributed by atoms with Crippen molar-refractivity contribution in [2.24, 2.45) is 0 Å². The summed E-state index contributed by atoms with van der Waals surface area (Å²) in [6.45, 7) is 0.0918. The molecule has 1 aliphatic heterocycles. The predicted molar refractivity (Wildman–Crippen MR) is 111 cm³/mol. The summed E-state index contributed by atoms with van der Waals surface area (Å²) in [7, 11) is 10.5. The van der Waals surface area contributed by atoms with E-state index in [1.807, 2.05) is 0 Å². The van der Waals surface area contributed by atoms with E-state index in [1.165, 1.54) is 24.3 Å². The number of benzene rings is 2. The summed E-state index contributed by atoms with van der Waals surface area (Å²) in [5.74, 6) is -0.628. The summed E-state index contributed by atoms with van der Waals surface area (Å²) in [5, 5.41) is 21.6. The van der Waals surface area contributed by atoms with Gasteiger partial charge in [0.15, 0.2) is 7.85 Å². The number of alkyl halides is 3. The molecule has 0 aromatic heterocycles. The van der Waals surface area contributed by atoms with Gasteiger partial charge >= 0.3 is 6.36 Å². The van der Waals surface area contributed by atoms with Crippen LogP contribution in [0.25, 0.3) is 11.1 Å². The molecule has 1 aliphatic rings. The molecule has 32 heavy (non-hydrogen) atoms. The lowest BCUT2D eigenvalue weighted by molar-refractivity contribution is -0.274. The highest BCUT2D eigenvalue weighted by Crippen LogP contribution is 2.41. The van der Waals surface area contributed by atoms with Gasteiger partial charge in [-0.1, -0.05) is 12.1 Å². The number of halogens is 3. The molecule has 1 amide bonds. The topological polar surface area (TPSA) is 88.0 Å². The molecule has 164 valence electrons. The number of carbonyl (C=O) groups excluding carboxylic acids is 1. The Morgan fingerprint density at radius 3 is 2.50 bits per heavy atom. The minimum Gasteiger partial charge on any atom is -0.524 e. The maximum absolute atomic E-state index is 12.4. The molecular formula is C21H18B2F3NO5. The molecule has 2 aromatic rings. The van der Waals surface area contributed by atoms with Crippen LogP contribution in [0.2, 0.25) is 0 Å². The van der Waals surface area contributed by atoms with Gasteiger partial charge in [-0.05, 0) is 53.2 Å². The van der Waals surface area contributed by atoms with Crippen molar-refractivity contribution in [3.63, 3.8) is 0 Å². The van der Waals surface area contributed by atoms with E-state index in [-0.39, 0.29) is 18.9 Å². The zero-order valence-electron chi connectivity index (χ0n) is 16.8. The Labute approximate surface area is 184 Å². The molecule has 3 N–H and O–H groups in total. The third-order valence-corrected chi connectivity index (χ3v) is 4.92. The largest absolute Gasteiger partial charge is 0.573 e. The molecule has 4 radical (unpaired) electrons. The second-order valence-corrected chi connectivity index (χ2v) is 7.03. The molecule has 0 bridgehead atoms. The number of amides is 1. The minimum absolute atomic E-state index is 0.0434. The number of aliphatic hydroxyl groups is 2. The first kappa shape index (κ1) is 23.6. The van der Waals surface area contributed by atoms with E-state index in [1.54, 1.807) is 6.07 Å². The van der Waals surface area contributed by atoms with E-state index in [2.05, 4.69) is 10.1 Å². The SMILES string of the molecule is [B]/C(O)=C(/[B])C(=O)NCc1cc(-c2ccc(OC(F)(F)F)cc2)c2c(c1CO)CCCO2. The van der Waals surface area contributed by atoms with E-state index in [4.69, 9.17) is 25.5 Å². The van der Waals surface area contributed by atoms with E-state index < -0.39 is 23.4 Å². The normalized spacial score (nSPS) is 14.1. The average Bonchev–Trinajstić information content (AvgIpc) is 2.75. The van der Waals surface area contributed by atoms with E-state index in [0.29, 0.717) is 47.5 Å². The predicted octanol–water partition coefficient (Wildman–Crippen LogP) is 2.75. The van der Waals surface area contributed by atoms with Gasteiger partial charge in [-0.15, -0.1) is 13.2 Å².